The molecule has 3 amide bonds. The fourth-order valence-electron chi connectivity index (χ4n) is 8.17. The van der Waals surface area contributed by atoms with Crippen molar-refractivity contribution in [2.45, 2.75) is 89.3 Å². The summed E-state index contributed by atoms with van der Waals surface area (Å²) in [5.74, 6) is -1.60. The van der Waals surface area contributed by atoms with E-state index in [4.69, 9.17) is 16.7 Å². The van der Waals surface area contributed by atoms with Crippen LogP contribution in [0.3, 0.4) is 0 Å². The highest BCUT2D eigenvalue weighted by Gasteiger charge is 2.35. The molecule has 60 heavy (non-hydrogen) atoms. The molecule has 14 heteroatoms. The molecule has 1 aromatic heterocycles. The third-order valence-electron chi connectivity index (χ3n) is 11.7. The summed E-state index contributed by atoms with van der Waals surface area (Å²) in [7, 11) is -4.31. The number of aliphatic hydroxyl groups excluding tert-OH is 1. The molecule has 12 nitrogen and oxygen atoms in total. The smallest absolute Gasteiger partial charge is 0.275 e. The molecule has 1 fully saturated rings. The van der Waals surface area contributed by atoms with Crippen molar-refractivity contribution >= 4 is 50.1 Å². The number of amides is 3. The zero-order chi connectivity index (χ0) is 42.6. The van der Waals surface area contributed by atoms with Gasteiger partial charge in [0.15, 0.2) is 5.69 Å². The second kappa shape index (κ2) is 18.7. The van der Waals surface area contributed by atoms with E-state index in [0.29, 0.717) is 75.3 Å². The van der Waals surface area contributed by atoms with Crippen LogP contribution in [0.25, 0.3) is 16.5 Å². The van der Waals surface area contributed by atoms with E-state index < -0.39 is 15.9 Å². The number of benzene rings is 4. The Bertz CT molecular complexity index is 2490. The maximum Gasteiger partial charge on any atom is 0.275 e. The minimum atomic E-state index is -4.31. The molecule has 0 spiro atoms. The molecule has 2 aliphatic heterocycles. The number of halogens is 1. The number of unbranched alkanes of at least 4 members (excludes halogenated alkanes) is 2. The molecule has 5 aromatic rings. The fourth-order valence-corrected chi connectivity index (χ4v) is 9.38. The number of aliphatic hydroxyl groups is 1. The lowest BCUT2D eigenvalue weighted by Crippen LogP contribution is -2.51. The summed E-state index contributed by atoms with van der Waals surface area (Å²) in [6.07, 6.45) is 5.01. The zero-order valence-corrected chi connectivity index (χ0v) is 36.0. The van der Waals surface area contributed by atoms with Gasteiger partial charge in [-0.3, -0.25) is 14.4 Å². The van der Waals surface area contributed by atoms with E-state index in [-0.39, 0.29) is 50.7 Å². The number of aromatic nitrogens is 2. The second-order valence-electron chi connectivity index (χ2n) is 15.9. The molecule has 1 saturated heterocycles. The molecule has 2 N–H and O–H groups in total. The van der Waals surface area contributed by atoms with Crippen molar-refractivity contribution in [2.75, 3.05) is 32.7 Å². The van der Waals surface area contributed by atoms with Gasteiger partial charge in [-0.1, -0.05) is 92.9 Å². The van der Waals surface area contributed by atoms with Gasteiger partial charge in [0, 0.05) is 50.9 Å². The third kappa shape index (κ3) is 9.29. The van der Waals surface area contributed by atoms with Crippen LogP contribution in [0.5, 0.6) is 0 Å². The molecule has 0 radical (unpaired) electrons. The number of nitrogens with zero attached hydrogens (tertiary/aromatic N) is 5. The first kappa shape index (κ1) is 43.0. The van der Waals surface area contributed by atoms with E-state index >= 15 is 4.79 Å². The quantitative estimate of drug-likeness (QED) is 0.120. The maximum absolute atomic E-state index is 15.3. The van der Waals surface area contributed by atoms with Crippen molar-refractivity contribution in [1.29, 1.82) is 0 Å². The summed E-state index contributed by atoms with van der Waals surface area (Å²) in [5, 5.41) is 16.7. The summed E-state index contributed by atoms with van der Waals surface area (Å²) in [6, 6.07) is 24.1. The summed E-state index contributed by atoms with van der Waals surface area (Å²) in [5.41, 5.74) is 2.98. The first-order valence-corrected chi connectivity index (χ1v) is 22.8. The van der Waals surface area contributed by atoms with Crippen LogP contribution in [0.1, 0.15) is 100 Å². The van der Waals surface area contributed by atoms with Crippen molar-refractivity contribution in [3.63, 3.8) is 0 Å². The topological polar surface area (TPSA) is 145 Å². The predicted octanol–water partition coefficient (Wildman–Crippen LogP) is 7.17. The first-order chi connectivity index (χ1) is 28.9. The lowest BCUT2D eigenvalue weighted by molar-refractivity contribution is 0.0450. The number of hydrogen-bond acceptors (Lipinski definition) is 8. The first-order valence-electron chi connectivity index (χ1n) is 20.9. The SMILES string of the molecule is CCCCN(CCCC)C(=O)c1nn(-c2ccc(C(=O)NS(=O)(=O)c3ccc4ccccc4c3)cc2C(=O)N2Cc3ccccc3CC2CN2CCC(O)CC2)c(C)c1Cl. The highest BCUT2D eigenvalue weighted by molar-refractivity contribution is 7.90. The van der Waals surface area contributed by atoms with Gasteiger partial charge in [-0.15, -0.1) is 0 Å². The van der Waals surface area contributed by atoms with Gasteiger partial charge in [-0.05, 0) is 91.3 Å². The average molecular weight is 853 g/mol. The lowest BCUT2D eigenvalue weighted by atomic mass is 9.92. The standard InChI is InChI=1S/C46H53ClN6O6S/c1-4-6-22-51(23-7-5-2)46(57)43-42(47)31(3)53(48-43)41-19-17-35(44(55)49-60(58,59)39-18-16-32-12-8-9-14-34(32)27-39)28-40(41)45(56)52-29-36-15-11-10-13-33(36)26-37(52)30-50-24-20-38(54)21-25-50/h8-19,27-28,37-38,54H,4-7,20-26,29-30H2,1-3H3,(H,49,55). The number of nitrogens with one attached hydrogen (secondary N) is 1. The number of rotatable bonds is 14. The molecule has 0 saturated carbocycles. The van der Waals surface area contributed by atoms with Crippen molar-refractivity contribution in [2.24, 2.45) is 0 Å². The number of carbonyl (C=O) groups excluding carboxylic acids is 3. The Kier molecular flexibility index (Phi) is 13.4. The van der Waals surface area contributed by atoms with Gasteiger partial charge >= 0.3 is 0 Å². The summed E-state index contributed by atoms with van der Waals surface area (Å²) >= 11 is 6.92. The van der Waals surface area contributed by atoms with E-state index in [9.17, 15) is 23.1 Å². The van der Waals surface area contributed by atoms with Crippen LogP contribution in [0, 0.1) is 6.92 Å². The molecule has 4 aromatic carbocycles. The van der Waals surface area contributed by atoms with E-state index in [1.807, 2.05) is 41.3 Å². The van der Waals surface area contributed by atoms with Crippen LogP contribution < -0.4 is 4.72 Å². The van der Waals surface area contributed by atoms with Crippen LogP contribution in [0.2, 0.25) is 5.02 Å². The minimum Gasteiger partial charge on any atom is -0.393 e. The van der Waals surface area contributed by atoms with Crippen molar-refractivity contribution in [3.8, 4) is 5.69 Å². The molecule has 0 bridgehead atoms. The number of piperidine rings is 1. The van der Waals surface area contributed by atoms with Crippen LogP contribution in [0.15, 0.2) is 89.8 Å². The molecule has 7 rings (SSSR count). The summed E-state index contributed by atoms with van der Waals surface area (Å²) in [6.45, 7) is 9.24. The molecule has 0 aliphatic carbocycles. The monoisotopic (exact) mass is 852 g/mol. The van der Waals surface area contributed by atoms with Crippen molar-refractivity contribution in [3.05, 3.63) is 124 Å². The largest absolute Gasteiger partial charge is 0.393 e. The van der Waals surface area contributed by atoms with Gasteiger partial charge in [-0.2, -0.15) is 5.10 Å². The predicted molar refractivity (Wildman–Crippen MR) is 233 cm³/mol. The highest BCUT2D eigenvalue weighted by atomic mass is 35.5. The number of carbonyl (C=O) groups is 3. The minimum absolute atomic E-state index is 0.0528. The van der Waals surface area contributed by atoms with Crippen molar-refractivity contribution < 1.29 is 27.9 Å². The molecule has 1 atom stereocenters. The zero-order valence-electron chi connectivity index (χ0n) is 34.4. The second-order valence-corrected chi connectivity index (χ2v) is 18.0. The van der Waals surface area contributed by atoms with Gasteiger partial charge < -0.3 is 19.8 Å². The number of hydrogen-bond donors (Lipinski definition) is 2. The molecule has 3 heterocycles. The van der Waals surface area contributed by atoms with Gasteiger partial charge in [0.2, 0.25) is 0 Å². The molecular formula is C46H53ClN6O6S. The van der Waals surface area contributed by atoms with Crippen molar-refractivity contribution in [1.82, 2.24) is 29.2 Å². The van der Waals surface area contributed by atoms with Gasteiger partial charge in [-0.25, -0.2) is 17.8 Å². The van der Waals surface area contributed by atoms with E-state index in [1.165, 1.54) is 28.9 Å². The lowest BCUT2D eigenvalue weighted by Gasteiger charge is -2.41. The molecule has 316 valence electrons. The van der Waals surface area contributed by atoms with E-state index in [2.05, 4.69) is 29.5 Å². The van der Waals surface area contributed by atoms with Crippen LogP contribution >= 0.6 is 11.6 Å². The van der Waals surface area contributed by atoms with E-state index in [0.717, 1.165) is 42.2 Å². The molecule has 1 unspecified atom stereocenters. The fraction of sp³-hybridized carbons (Fsp3) is 0.391. The maximum atomic E-state index is 15.3. The number of sulfonamides is 1. The molecular weight excluding hydrogens is 800 g/mol. The third-order valence-corrected chi connectivity index (χ3v) is 13.5. The van der Waals surface area contributed by atoms with Gasteiger partial charge in [0.1, 0.15) is 0 Å². The van der Waals surface area contributed by atoms with Gasteiger partial charge in [0.25, 0.3) is 27.7 Å². The van der Waals surface area contributed by atoms with Crippen LogP contribution in [-0.4, -0.2) is 101 Å². The Morgan fingerprint density at radius 2 is 1.55 bits per heavy atom. The summed E-state index contributed by atoms with van der Waals surface area (Å²) in [4.78, 5) is 49.0. The normalized spacial score (nSPS) is 16.1. The van der Waals surface area contributed by atoms with Crippen LogP contribution in [-0.2, 0) is 23.0 Å². The number of fused-ring (bicyclic) bond motifs is 2. The Morgan fingerprint density at radius 1 is 0.883 bits per heavy atom. The molecule has 2 aliphatic rings. The van der Waals surface area contributed by atoms with Crippen LogP contribution in [0.4, 0.5) is 0 Å². The highest BCUT2D eigenvalue weighted by Crippen LogP contribution is 2.31. The Balaban J connectivity index is 1.29. The van der Waals surface area contributed by atoms with Gasteiger partial charge in [0.05, 0.1) is 33.0 Å². The Hall–Kier alpha value is -5.08. The van der Waals surface area contributed by atoms with E-state index in [1.54, 1.807) is 30.0 Å². The number of likely N-dealkylation sites (tertiary alicyclic amines) is 1. The Labute approximate surface area is 357 Å². The Morgan fingerprint density at radius 3 is 2.25 bits per heavy atom. The summed E-state index contributed by atoms with van der Waals surface area (Å²) < 4.78 is 30.9. The average Bonchev–Trinajstić information content (AvgIpc) is 3.55.